The van der Waals surface area contributed by atoms with E-state index in [4.69, 9.17) is 4.84 Å². The van der Waals surface area contributed by atoms with Gasteiger partial charge < -0.3 is 0 Å². The van der Waals surface area contributed by atoms with Crippen LogP contribution in [0.4, 0.5) is 0 Å². The standard InChI is InChI=1S/C15H25NO/c1-6-7-13-8-10-14(11-9-13)12(2)16-17-15(3,4)5/h8-12,16H,6-7H2,1-5H3. The zero-order valence-corrected chi connectivity index (χ0v) is 11.7. The van der Waals surface area contributed by atoms with Gasteiger partial charge in [-0.1, -0.05) is 37.6 Å². The Bertz CT molecular complexity index is 324. The van der Waals surface area contributed by atoms with Gasteiger partial charge in [-0.3, -0.25) is 4.84 Å². The van der Waals surface area contributed by atoms with Crippen LogP contribution in [0.15, 0.2) is 24.3 Å². The summed E-state index contributed by atoms with van der Waals surface area (Å²) >= 11 is 0. The fraction of sp³-hybridized carbons (Fsp3) is 0.600. The number of aryl methyl sites for hydroxylation is 1. The van der Waals surface area contributed by atoms with Crippen molar-refractivity contribution in [3.05, 3.63) is 35.4 Å². The van der Waals surface area contributed by atoms with Crippen LogP contribution in [0.25, 0.3) is 0 Å². The van der Waals surface area contributed by atoms with Gasteiger partial charge in [0.2, 0.25) is 0 Å². The molecule has 1 N–H and O–H groups in total. The van der Waals surface area contributed by atoms with Gasteiger partial charge in [0, 0.05) is 0 Å². The second kappa shape index (κ2) is 6.18. The Balaban J connectivity index is 2.54. The highest BCUT2D eigenvalue weighted by molar-refractivity contribution is 5.24. The van der Waals surface area contributed by atoms with Crippen LogP contribution >= 0.6 is 0 Å². The van der Waals surface area contributed by atoms with Crippen LogP contribution in [-0.2, 0) is 11.3 Å². The number of hydrogen-bond donors (Lipinski definition) is 1. The van der Waals surface area contributed by atoms with E-state index in [1.807, 2.05) is 20.8 Å². The van der Waals surface area contributed by atoms with Crippen molar-refractivity contribution in [1.29, 1.82) is 0 Å². The van der Waals surface area contributed by atoms with Crippen molar-refractivity contribution in [2.24, 2.45) is 0 Å². The van der Waals surface area contributed by atoms with E-state index >= 15 is 0 Å². The molecule has 0 amide bonds. The average Bonchev–Trinajstić information content (AvgIpc) is 2.26. The highest BCUT2D eigenvalue weighted by Gasteiger charge is 2.13. The third-order valence-corrected chi connectivity index (χ3v) is 2.56. The van der Waals surface area contributed by atoms with Gasteiger partial charge in [0.15, 0.2) is 0 Å². The second-order valence-corrected chi connectivity index (χ2v) is 5.55. The Kier molecular flexibility index (Phi) is 5.16. The van der Waals surface area contributed by atoms with Crippen LogP contribution in [0.3, 0.4) is 0 Å². The summed E-state index contributed by atoms with van der Waals surface area (Å²) in [5.74, 6) is 0. The normalized spacial score (nSPS) is 13.7. The Labute approximate surface area is 105 Å². The van der Waals surface area contributed by atoms with Gasteiger partial charge in [-0.05, 0) is 45.2 Å². The maximum atomic E-state index is 5.57. The monoisotopic (exact) mass is 235 g/mol. The van der Waals surface area contributed by atoms with Crippen LogP contribution < -0.4 is 5.48 Å². The number of nitrogens with one attached hydrogen (secondary N) is 1. The predicted molar refractivity (Wildman–Crippen MR) is 72.8 cm³/mol. The van der Waals surface area contributed by atoms with E-state index in [1.165, 1.54) is 17.5 Å². The fourth-order valence-electron chi connectivity index (χ4n) is 1.59. The van der Waals surface area contributed by atoms with Crippen LogP contribution in [-0.4, -0.2) is 5.60 Å². The minimum atomic E-state index is -0.156. The van der Waals surface area contributed by atoms with Crippen molar-refractivity contribution in [2.75, 3.05) is 0 Å². The zero-order chi connectivity index (χ0) is 12.9. The molecular formula is C15H25NO. The molecule has 2 nitrogen and oxygen atoms in total. The molecule has 0 aliphatic rings. The molecule has 1 unspecified atom stereocenters. The Hall–Kier alpha value is -0.860. The number of hydrogen-bond acceptors (Lipinski definition) is 2. The van der Waals surface area contributed by atoms with Crippen molar-refractivity contribution in [1.82, 2.24) is 5.48 Å². The predicted octanol–water partition coefficient (Wildman–Crippen LogP) is 4.02. The molecule has 2 heteroatoms. The van der Waals surface area contributed by atoms with Gasteiger partial charge >= 0.3 is 0 Å². The maximum absolute atomic E-state index is 5.57. The lowest BCUT2D eigenvalue weighted by Crippen LogP contribution is -2.30. The van der Waals surface area contributed by atoms with E-state index in [9.17, 15) is 0 Å². The highest BCUT2D eigenvalue weighted by atomic mass is 16.7. The van der Waals surface area contributed by atoms with E-state index in [2.05, 4.69) is 43.6 Å². The molecule has 0 bridgehead atoms. The van der Waals surface area contributed by atoms with Crippen molar-refractivity contribution < 1.29 is 4.84 Å². The zero-order valence-electron chi connectivity index (χ0n) is 11.7. The summed E-state index contributed by atoms with van der Waals surface area (Å²) in [5, 5.41) is 0. The maximum Gasteiger partial charge on any atom is 0.0813 e. The first-order valence-corrected chi connectivity index (χ1v) is 6.44. The quantitative estimate of drug-likeness (QED) is 0.778. The van der Waals surface area contributed by atoms with Gasteiger partial charge in [0.05, 0.1) is 11.6 Å². The molecule has 96 valence electrons. The van der Waals surface area contributed by atoms with Crippen molar-refractivity contribution >= 4 is 0 Å². The van der Waals surface area contributed by atoms with E-state index in [1.54, 1.807) is 0 Å². The van der Waals surface area contributed by atoms with E-state index in [0.29, 0.717) is 0 Å². The highest BCUT2D eigenvalue weighted by Crippen LogP contribution is 2.16. The summed E-state index contributed by atoms with van der Waals surface area (Å²) in [6.45, 7) is 10.4. The lowest BCUT2D eigenvalue weighted by atomic mass is 10.0. The molecule has 0 fully saturated rings. The number of hydroxylamine groups is 1. The van der Waals surface area contributed by atoms with Crippen LogP contribution in [0.2, 0.25) is 0 Å². The summed E-state index contributed by atoms with van der Waals surface area (Å²) in [4.78, 5) is 5.57. The van der Waals surface area contributed by atoms with E-state index < -0.39 is 0 Å². The topological polar surface area (TPSA) is 21.3 Å². The molecule has 1 aromatic rings. The van der Waals surface area contributed by atoms with Crippen LogP contribution in [0, 0.1) is 0 Å². The Morgan fingerprint density at radius 2 is 1.76 bits per heavy atom. The summed E-state index contributed by atoms with van der Waals surface area (Å²) in [5.41, 5.74) is 5.60. The average molecular weight is 235 g/mol. The van der Waals surface area contributed by atoms with E-state index in [0.717, 1.165) is 6.42 Å². The minimum absolute atomic E-state index is 0.156. The van der Waals surface area contributed by atoms with Crippen molar-refractivity contribution in [2.45, 2.75) is 59.1 Å². The lowest BCUT2D eigenvalue weighted by molar-refractivity contribution is -0.0866. The van der Waals surface area contributed by atoms with Crippen molar-refractivity contribution in [3.8, 4) is 0 Å². The molecule has 0 aromatic heterocycles. The summed E-state index contributed by atoms with van der Waals surface area (Å²) < 4.78 is 0. The first kappa shape index (κ1) is 14.2. The van der Waals surface area contributed by atoms with Gasteiger partial charge in [-0.15, -0.1) is 0 Å². The Morgan fingerprint density at radius 3 is 2.24 bits per heavy atom. The molecule has 0 saturated carbocycles. The number of benzene rings is 1. The molecular weight excluding hydrogens is 210 g/mol. The molecule has 0 aliphatic heterocycles. The summed E-state index contributed by atoms with van der Waals surface area (Å²) in [6, 6.07) is 8.97. The Morgan fingerprint density at radius 1 is 1.18 bits per heavy atom. The van der Waals surface area contributed by atoms with Gasteiger partial charge in [0.25, 0.3) is 0 Å². The molecule has 0 radical (unpaired) electrons. The third kappa shape index (κ3) is 5.33. The van der Waals surface area contributed by atoms with Gasteiger partial charge in [0.1, 0.15) is 0 Å². The van der Waals surface area contributed by atoms with Crippen LogP contribution in [0.5, 0.6) is 0 Å². The molecule has 1 rings (SSSR count). The van der Waals surface area contributed by atoms with Crippen molar-refractivity contribution in [3.63, 3.8) is 0 Å². The van der Waals surface area contributed by atoms with Crippen LogP contribution in [0.1, 0.15) is 58.2 Å². The summed E-state index contributed by atoms with van der Waals surface area (Å²) in [6.07, 6.45) is 2.35. The smallest absolute Gasteiger partial charge is 0.0813 e. The molecule has 0 aliphatic carbocycles. The number of rotatable bonds is 5. The molecule has 1 atom stereocenters. The summed E-state index contributed by atoms with van der Waals surface area (Å²) in [7, 11) is 0. The SMILES string of the molecule is CCCc1ccc(C(C)NOC(C)(C)C)cc1. The third-order valence-electron chi connectivity index (χ3n) is 2.56. The first-order valence-electron chi connectivity index (χ1n) is 6.44. The molecule has 0 spiro atoms. The lowest BCUT2D eigenvalue weighted by Gasteiger charge is -2.23. The fourth-order valence-corrected chi connectivity index (χ4v) is 1.59. The largest absolute Gasteiger partial charge is 0.296 e. The molecule has 0 saturated heterocycles. The molecule has 17 heavy (non-hydrogen) atoms. The van der Waals surface area contributed by atoms with Gasteiger partial charge in [-0.25, -0.2) is 0 Å². The van der Waals surface area contributed by atoms with Gasteiger partial charge in [-0.2, -0.15) is 5.48 Å². The molecule has 1 aromatic carbocycles. The second-order valence-electron chi connectivity index (χ2n) is 5.55. The van der Waals surface area contributed by atoms with E-state index in [-0.39, 0.29) is 11.6 Å². The first-order chi connectivity index (χ1) is 7.92. The minimum Gasteiger partial charge on any atom is -0.296 e. The molecule has 0 heterocycles.